The Morgan fingerprint density at radius 3 is 0.743 bits per heavy atom. The lowest BCUT2D eigenvalue weighted by molar-refractivity contribution is -0.167. The first-order valence-electron chi connectivity index (χ1n) is 31.6. The summed E-state index contributed by atoms with van der Waals surface area (Å²) >= 11 is 0. The molecule has 0 N–H and O–H groups in total. The van der Waals surface area contributed by atoms with E-state index in [1.807, 2.05) is 0 Å². The molecule has 0 heterocycles. The highest BCUT2D eigenvalue weighted by molar-refractivity contribution is 5.71. The maximum Gasteiger partial charge on any atom is 0.306 e. The van der Waals surface area contributed by atoms with E-state index < -0.39 is 6.10 Å². The van der Waals surface area contributed by atoms with Gasteiger partial charge in [-0.2, -0.15) is 0 Å². The molecule has 1 unspecified atom stereocenters. The molecule has 0 bridgehead atoms. The van der Waals surface area contributed by atoms with Gasteiger partial charge in [0, 0.05) is 19.3 Å². The molecule has 0 amide bonds. The molecule has 0 aromatic carbocycles. The highest BCUT2D eigenvalue weighted by Crippen LogP contribution is 2.19. The van der Waals surface area contributed by atoms with E-state index in [2.05, 4.69) is 41.5 Å². The minimum atomic E-state index is -0.764. The van der Waals surface area contributed by atoms with Crippen LogP contribution >= 0.6 is 0 Å². The number of carbonyl (C=O) groups is 3. The zero-order valence-corrected chi connectivity index (χ0v) is 48.3. The number of hydrogen-bond donors (Lipinski definition) is 0. The van der Waals surface area contributed by atoms with Gasteiger partial charge in [-0.15, -0.1) is 0 Å². The second-order valence-electron chi connectivity index (χ2n) is 23.2. The summed E-state index contributed by atoms with van der Waals surface area (Å²) in [6, 6.07) is 0. The van der Waals surface area contributed by atoms with Gasteiger partial charge in [-0.1, -0.05) is 318 Å². The molecule has 0 aliphatic carbocycles. The zero-order valence-electron chi connectivity index (χ0n) is 48.3. The highest BCUT2D eigenvalue weighted by Gasteiger charge is 2.19. The number of esters is 3. The molecular weight excluding hydrogens is 865 g/mol. The lowest BCUT2D eigenvalue weighted by atomic mass is 9.99. The third kappa shape index (κ3) is 55.7. The van der Waals surface area contributed by atoms with Crippen molar-refractivity contribution in [1.82, 2.24) is 0 Å². The van der Waals surface area contributed by atoms with E-state index in [-0.39, 0.29) is 31.1 Å². The van der Waals surface area contributed by atoms with Gasteiger partial charge >= 0.3 is 17.9 Å². The van der Waals surface area contributed by atoms with E-state index in [9.17, 15) is 14.4 Å². The summed E-state index contributed by atoms with van der Waals surface area (Å²) in [4.78, 5) is 38.2. The Bertz CT molecular complexity index is 1090. The van der Waals surface area contributed by atoms with Crippen molar-refractivity contribution in [2.75, 3.05) is 13.2 Å². The van der Waals surface area contributed by atoms with Crippen LogP contribution < -0.4 is 0 Å². The Morgan fingerprint density at radius 1 is 0.286 bits per heavy atom. The average Bonchev–Trinajstić information content (AvgIpc) is 3.33. The second-order valence-corrected chi connectivity index (χ2v) is 23.2. The summed E-state index contributed by atoms with van der Waals surface area (Å²) in [7, 11) is 0. The van der Waals surface area contributed by atoms with E-state index in [0.29, 0.717) is 19.3 Å². The molecule has 0 saturated heterocycles. The molecule has 0 rings (SSSR count). The normalized spacial score (nSPS) is 12.5. The van der Waals surface area contributed by atoms with Crippen LogP contribution in [0.15, 0.2) is 0 Å². The molecule has 0 fully saturated rings. The highest BCUT2D eigenvalue weighted by atomic mass is 16.6. The van der Waals surface area contributed by atoms with Crippen LogP contribution in [0.25, 0.3) is 0 Å². The maximum atomic E-state index is 12.9. The molecule has 70 heavy (non-hydrogen) atoms. The van der Waals surface area contributed by atoms with Gasteiger partial charge in [-0.25, -0.2) is 0 Å². The number of carbonyl (C=O) groups excluding carboxylic acids is 3. The average molecular weight is 990 g/mol. The molecule has 416 valence electrons. The smallest absolute Gasteiger partial charge is 0.306 e. The standard InChI is InChI=1S/C64H124O6/c1-7-60(6)52-46-40-34-28-22-18-14-10-8-9-11-15-20-24-30-37-43-49-55-64(67)70-61(57-69-63(66)54-48-42-36-31-25-27-33-39-45-51-59(4)5)56-68-62(65)53-47-41-35-29-23-19-16-12-13-17-21-26-32-38-44-50-58(2)3/h58-61H,7-57H2,1-6H3/t60?,61-/m1/s1. The van der Waals surface area contributed by atoms with Gasteiger partial charge in [-0.3, -0.25) is 14.4 Å². The monoisotopic (exact) mass is 989 g/mol. The maximum absolute atomic E-state index is 12.9. The van der Waals surface area contributed by atoms with Crippen molar-refractivity contribution in [2.45, 2.75) is 362 Å². The first kappa shape index (κ1) is 68.4. The van der Waals surface area contributed by atoms with Crippen LogP contribution in [0.2, 0.25) is 0 Å². The van der Waals surface area contributed by atoms with Gasteiger partial charge in [0.15, 0.2) is 6.10 Å². The van der Waals surface area contributed by atoms with Gasteiger partial charge < -0.3 is 14.2 Å². The van der Waals surface area contributed by atoms with E-state index in [1.165, 1.54) is 238 Å². The SMILES string of the molecule is CCC(C)CCCCCCCCCCCCCCCCCCCCC(=O)O[C@H](COC(=O)CCCCCCCCCCCCCCCCCC(C)C)COC(=O)CCCCCCCCCCCC(C)C. The van der Waals surface area contributed by atoms with Crippen molar-refractivity contribution >= 4 is 17.9 Å². The molecule has 0 saturated carbocycles. The summed E-state index contributed by atoms with van der Waals surface area (Å²) < 4.78 is 16.9. The third-order valence-corrected chi connectivity index (χ3v) is 15.0. The van der Waals surface area contributed by atoms with Crippen LogP contribution in [0.4, 0.5) is 0 Å². The van der Waals surface area contributed by atoms with Crippen LogP contribution in [-0.4, -0.2) is 37.2 Å². The van der Waals surface area contributed by atoms with E-state index in [4.69, 9.17) is 14.2 Å². The van der Waals surface area contributed by atoms with Crippen molar-refractivity contribution in [1.29, 1.82) is 0 Å². The Kier molecular flexibility index (Phi) is 53.9. The number of unbranched alkanes of at least 4 members (excludes halogenated alkanes) is 39. The fourth-order valence-electron chi connectivity index (χ4n) is 9.85. The summed E-state index contributed by atoms with van der Waals surface area (Å²) in [6.07, 6.45) is 59.6. The van der Waals surface area contributed by atoms with Crippen LogP contribution in [0.5, 0.6) is 0 Å². The van der Waals surface area contributed by atoms with Gasteiger partial charge in [0.1, 0.15) is 13.2 Å². The van der Waals surface area contributed by atoms with Crippen molar-refractivity contribution in [3.05, 3.63) is 0 Å². The van der Waals surface area contributed by atoms with Crippen molar-refractivity contribution in [3.8, 4) is 0 Å². The summed E-state index contributed by atoms with van der Waals surface area (Å²) in [5.74, 6) is 1.73. The molecular formula is C64H124O6. The molecule has 0 aromatic heterocycles. The van der Waals surface area contributed by atoms with Crippen LogP contribution in [0, 0.1) is 17.8 Å². The lowest BCUT2D eigenvalue weighted by Crippen LogP contribution is -2.30. The topological polar surface area (TPSA) is 78.9 Å². The molecule has 0 spiro atoms. The number of hydrogen-bond acceptors (Lipinski definition) is 6. The van der Waals surface area contributed by atoms with Gasteiger partial charge in [0.25, 0.3) is 0 Å². The summed E-state index contributed by atoms with van der Waals surface area (Å²) in [5.41, 5.74) is 0. The molecule has 0 radical (unpaired) electrons. The fourth-order valence-corrected chi connectivity index (χ4v) is 9.85. The Labute approximate surface area is 438 Å². The Balaban J connectivity index is 4.24. The Morgan fingerprint density at radius 2 is 0.500 bits per heavy atom. The number of rotatable bonds is 57. The number of ether oxygens (including phenoxy) is 3. The predicted octanol–water partition coefficient (Wildman–Crippen LogP) is 21.1. The van der Waals surface area contributed by atoms with E-state index >= 15 is 0 Å². The summed E-state index contributed by atoms with van der Waals surface area (Å²) in [5, 5.41) is 0. The van der Waals surface area contributed by atoms with Gasteiger partial charge in [-0.05, 0) is 37.0 Å². The lowest BCUT2D eigenvalue weighted by Gasteiger charge is -2.18. The molecule has 6 nitrogen and oxygen atoms in total. The van der Waals surface area contributed by atoms with Crippen LogP contribution in [-0.2, 0) is 28.6 Å². The van der Waals surface area contributed by atoms with Crippen molar-refractivity contribution < 1.29 is 28.6 Å². The van der Waals surface area contributed by atoms with E-state index in [1.54, 1.807) is 0 Å². The second kappa shape index (κ2) is 55.2. The molecule has 0 aliphatic rings. The molecule has 2 atom stereocenters. The first-order chi connectivity index (χ1) is 34.1. The molecule has 0 aliphatic heterocycles. The van der Waals surface area contributed by atoms with Crippen LogP contribution in [0.1, 0.15) is 356 Å². The van der Waals surface area contributed by atoms with Crippen molar-refractivity contribution in [3.63, 3.8) is 0 Å². The third-order valence-electron chi connectivity index (χ3n) is 15.0. The predicted molar refractivity (Wildman–Crippen MR) is 303 cm³/mol. The minimum Gasteiger partial charge on any atom is -0.462 e. The zero-order chi connectivity index (χ0) is 51.2. The Hall–Kier alpha value is -1.59. The quantitative estimate of drug-likeness (QED) is 0.0343. The first-order valence-corrected chi connectivity index (χ1v) is 31.6. The van der Waals surface area contributed by atoms with Crippen molar-refractivity contribution in [2.24, 2.45) is 17.8 Å². The minimum absolute atomic E-state index is 0.0630. The van der Waals surface area contributed by atoms with Gasteiger partial charge in [0.2, 0.25) is 0 Å². The van der Waals surface area contributed by atoms with E-state index in [0.717, 1.165) is 75.5 Å². The largest absolute Gasteiger partial charge is 0.462 e. The van der Waals surface area contributed by atoms with Crippen LogP contribution in [0.3, 0.4) is 0 Å². The summed E-state index contributed by atoms with van der Waals surface area (Å²) in [6.45, 7) is 13.8. The van der Waals surface area contributed by atoms with Gasteiger partial charge in [0.05, 0.1) is 0 Å². The fraction of sp³-hybridized carbons (Fsp3) is 0.953. The molecule has 0 aromatic rings. The molecule has 6 heteroatoms.